The maximum absolute atomic E-state index is 12.2. The first-order valence-electron chi connectivity index (χ1n) is 6.26. The van der Waals surface area contributed by atoms with E-state index in [1.807, 2.05) is 26.8 Å². The number of pyridine rings is 1. The molecule has 1 unspecified atom stereocenters. The van der Waals surface area contributed by atoms with E-state index < -0.39 is 11.6 Å². The van der Waals surface area contributed by atoms with Crippen LogP contribution in [0.4, 0.5) is 0 Å². The summed E-state index contributed by atoms with van der Waals surface area (Å²) in [5, 5.41) is 12.0. The summed E-state index contributed by atoms with van der Waals surface area (Å²) in [5.41, 5.74) is 1.58. The molecule has 0 aliphatic carbocycles. The first-order valence-corrected chi connectivity index (χ1v) is 6.26. The van der Waals surface area contributed by atoms with Gasteiger partial charge in [0.15, 0.2) is 0 Å². The zero-order valence-electron chi connectivity index (χ0n) is 11.4. The lowest BCUT2D eigenvalue weighted by atomic mass is 9.95. The van der Waals surface area contributed by atoms with Crippen molar-refractivity contribution < 1.29 is 9.53 Å². The number of nitriles is 1. The van der Waals surface area contributed by atoms with Gasteiger partial charge in [0.2, 0.25) is 0 Å². The van der Waals surface area contributed by atoms with Crippen LogP contribution in [-0.4, -0.2) is 23.1 Å². The Hall–Kier alpha value is -1.93. The summed E-state index contributed by atoms with van der Waals surface area (Å²) in [4.78, 5) is 16.2. The Kier molecular flexibility index (Phi) is 3.54. The van der Waals surface area contributed by atoms with Crippen molar-refractivity contribution >= 4 is 5.97 Å². The van der Waals surface area contributed by atoms with Crippen molar-refractivity contribution in [1.82, 2.24) is 10.3 Å². The zero-order valence-corrected chi connectivity index (χ0v) is 11.4. The molecule has 1 aliphatic heterocycles. The van der Waals surface area contributed by atoms with Gasteiger partial charge in [-0.15, -0.1) is 0 Å². The van der Waals surface area contributed by atoms with Crippen molar-refractivity contribution in [3.63, 3.8) is 0 Å². The number of hydrogen-bond acceptors (Lipinski definition) is 5. The third-order valence-electron chi connectivity index (χ3n) is 2.83. The summed E-state index contributed by atoms with van der Waals surface area (Å²) in [6.07, 6.45) is 2.47. The van der Waals surface area contributed by atoms with Crippen LogP contribution in [0.25, 0.3) is 0 Å². The van der Waals surface area contributed by atoms with Crippen LogP contribution in [0.5, 0.6) is 0 Å². The largest absolute Gasteiger partial charge is 0.459 e. The number of esters is 1. The summed E-state index contributed by atoms with van der Waals surface area (Å²) < 4.78 is 5.40. The maximum Gasteiger partial charge on any atom is 0.328 e. The van der Waals surface area contributed by atoms with Gasteiger partial charge in [0.1, 0.15) is 23.4 Å². The second kappa shape index (κ2) is 4.98. The van der Waals surface area contributed by atoms with E-state index in [1.165, 1.54) is 0 Å². The van der Waals surface area contributed by atoms with E-state index in [1.54, 1.807) is 12.3 Å². The summed E-state index contributed by atoms with van der Waals surface area (Å²) >= 11 is 0. The first kappa shape index (κ1) is 13.5. The van der Waals surface area contributed by atoms with Gasteiger partial charge in [-0.05, 0) is 44.4 Å². The number of ether oxygens (including phenoxy) is 1. The van der Waals surface area contributed by atoms with Gasteiger partial charge in [-0.2, -0.15) is 5.26 Å². The highest BCUT2D eigenvalue weighted by molar-refractivity contribution is 5.79. The summed E-state index contributed by atoms with van der Waals surface area (Å²) in [7, 11) is 0. The Balaban J connectivity index is 2.31. The molecule has 0 aromatic carbocycles. The van der Waals surface area contributed by atoms with E-state index in [2.05, 4.69) is 10.3 Å². The standard InChI is InChI=1S/C14H17N3O2/c1-14(2,3)19-13(18)12-11-6-10(7-15)17-8-9(11)4-5-16-12/h6,8,12,16H,4-5H2,1-3H3. The van der Waals surface area contributed by atoms with Crippen molar-refractivity contribution in [2.24, 2.45) is 0 Å². The zero-order chi connectivity index (χ0) is 14.0. The van der Waals surface area contributed by atoms with Gasteiger partial charge in [0.25, 0.3) is 0 Å². The molecule has 1 atom stereocenters. The van der Waals surface area contributed by atoms with Crippen LogP contribution in [0.1, 0.15) is 43.6 Å². The fourth-order valence-electron chi connectivity index (χ4n) is 2.07. The van der Waals surface area contributed by atoms with Crippen molar-refractivity contribution in [2.75, 3.05) is 6.54 Å². The average Bonchev–Trinajstić information content (AvgIpc) is 2.35. The molecule has 0 fully saturated rings. The molecule has 0 saturated carbocycles. The number of hydrogen-bond donors (Lipinski definition) is 1. The molecule has 0 bridgehead atoms. The number of nitrogens with zero attached hydrogens (tertiary/aromatic N) is 2. The Morgan fingerprint density at radius 1 is 1.58 bits per heavy atom. The van der Waals surface area contributed by atoms with Crippen molar-refractivity contribution in [2.45, 2.75) is 38.8 Å². The lowest BCUT2D eigenvalue weighted by molar-refractivity contribution is -0.157. The highest BCUT2D eigenvalue weighted by Crippen LogP contribution is 2.25. The van der Waals surface area contributed by atoms with Gasteiger partial charge >= 0.3 is 5.97 Å². The number of carbonyl (C=O) groups is 1. The van der Waals surface area contributed by atoms with Crippen LogP contribution >= 0.6 is 0 Å². The van der Waals surface area contributed by atoms with Crippen LogP contribution in [-0.2, 0) is 16.0 Å². The lowest BCUT2D eigenvalue weighted by Crippen LogP contribution is -2.39. The predicted molar refractivity (Wildman–Crippen MR) is 69.2 cm³/mol. The van der Waals surface area contributed by atoms with Gasteiger partial charge in [0.05, 0.1) is 0 Å². The third kappa shape index (κ3) is 3.09. The van der Waals surface area contributed by atoms with Gasteiger partial charge in [-0.3, -0.25) is 0 Å². The first-order chi connectivity index (χ1) is 8.90. The molecule has 1 N–H and O–H groups in total. The SMILES string of the molecule is CC(C)(C)OC(=O)C1NCCc2cnc(C#N)cc21. The Labute approximate surface area is 112 Å². The molecule has 1 aromatic rings. The highest BCUT2D eigenvalue weighted by Gasteiger charge is 2.30. The summed E-state index contributed by atoms with van der Waals surface area (Å²) in [6, 6.07) is 3.14. The van der Waals surface area contributed by atoms with Gasteiger partial charge < -0.3 is 10.1 Å². The average molecular weight is 259 g/mol. The smallest absolute Gasteiger partial charge is 0.328 e. The molecule has 2 rings (SSSR count). The fourth-order valence-corrected chi connectivity index (χ4v) is 2.07. The van der Waals surface area contributed by atoms with E-state index in [9.17, 15) is 4.79 Å². The molecule has 0 saturated heterocycles. The normalized spacial score (nSPS) is 18.3. The quantitative estimate of drug-likeness (QED) is 0.773. The fraction of sp³-hybridized carbons (Fsp3) is 0.500. The molecule has 100 valence electrons. The van der Waals surface area contributed by atoms with Crippen molar-refractivity contribution in [1.29, 1.82) is 5.26 Å². The molecule has 19 heavy (non-hydrogen) atoms. The topological polar surface area (TPSA) is 75.0 Å². The minimum atomic E-state index is -0.526. The molecule has 0 amide bonds. The molecule has 5 nitrogen and oxygen atoms in total. The van der Waals surface area contributed by atoms with Crippen molar-refractivity contribution in [3.8, 4) is 6.07 Å². The minimum Gasteiger partial charge on any atom is -0.459 e. The van der Waals surface area contributed by atoms with E-state index in [0.29, 0.717) is 12.2 Å². The Morgan fingerprint density at radius 3 is 2.95 bits per heavy atom. The van der Waals surface area contributed by atoms with E-state index >= 15 is 0 Å². The molecule has 0 spiro atoms. The molecule has 2 heterocycles. The number of nitrogens with one attached hydrogen (secondary N) is 1. The predicted octanol–water partition coefficient (Wildman–Crippen LogP) is 1.48. The lowest BCUT2D eigenvalue weighted by Gasteiger charge is -2.28. The molecule has 5 heteroatoms. The second-order valence-electron chi connectivity index (χ2n) is 5.55. The molecule has 1 aliphatic rings. The van der Waals surface area contributed by atoms with Crippen LogP contribution < -0.4 is 5.32 Å². The van der Waals surface area contributed by atoms with Crippen molar-refractivity contribution in [3.05, 3.63) is 29.1 Å². The minimum absolute atomic E-state index is 0.316. The Morgan fingerprint density at radius 2 is 2.32 bits per heavy atom. The molecule has 0 radical (unpaired) electrons. The summed E-state index contributed by atoms with van der Waals surface area (Å²) in [5.74, 6) is -0.316. The van der Waals surface area contributed by atoms with E-state index in [0.717, 1.165) is 17.5 Å². The highest BCUT2D eigenvalue weighted by atomic mass is 16.6. The maximum atomic E-state index is 12.2. The second-order valence-corrected chi connectivity index (χ2v) is 5.55. The van der Waals surface area contributed by atoms with Crippen LogP contribution in [0, 0.1) is 11.3 Å². The van der Waals surface area contributed by atoms with Gasteiger partial charge in [0, 0.05) is 12.7 Å². The van der Waals surface area contributed by atoms with Crippen LogP contribution in [0.3, 0.4) is 0 Å². The van der Waals surface area contributed by atoms with Gasteiger partial charge in [-0.1, -0.05) is 0 Å². The summed E-state index contributed by atoms with van der Waals surface area (Å²) in [6.45, 7) is 6.20. The van der Waals surface area contributed by atoms with Crippen LogP contribution in [0.15, 0.2) is 12.3 Å². The molecule has 1 aromatic heterocycles. The molecular formula is C14H17N3O2. The number of fused-ring (bicyclic) bond motifs is 1. The number of aromatic nitrogens is 1. The van der Waals surface area contributed by atoms with Crippen LogP contribution in [0.2, 0.25) is 0 Å². The monoisotopic (exact) mass is 259 g/mol. The molecular weight excluding hydrogens is 242 g/mol. The van der Waals surface area contributed by atoms with E-state index in [-0.39, 0.29) is 5.97 Å². The number of carbonyl (C=O) groups excluding carboxylic acids is 1. The van der Waals surface area contributed by atoms with E-state index in [4.69, 9.17) is 10.00 Å². The Bertz CT molecular complexity index is 541. The number of rotatable bonds is 1. The van der Waals surface area contributed by atoms with Gasteiger partial charge in [-0.25, -0.2) is 9.78 Å². The third-order valence-corrected chi connectivity index (χ3v) is 2.83.